The molecule has 63 heavy (non-hydrogen) atoms. The van der Waals surface area contributed by atoms with Crippen molar-refractivity contribution in [3.8, 4) is 0 Å². The summed E-state index contributed by atoms with van der Waals surface area (Å²) < 4.78 is 5.95. The summed E-state index contributed by atoms with van der Waals surface area (Å²) in [5.74, 6) is -0.474. The van der Waals surface area contributed by atoms with Crippen molar-refractivity contribution in [3.63, 3.8) is 0 Å². The zero-order valence-corrected chi connectivity index (χ0v) is 42.5. The van der Waals surface area contributed by atoms with Gasteiger partial charge in [-0.05, 0) is 77.0 Å². The van der Waals surface area contributed by atoms with Gasteiger partial charge in [-0.1, -0.05) is 238 Å². The van der Waals surface area contributed by atoms with Gasteiger partial charge in [0.25, 0.3) is 0 Å². The maximum atomic E-state index is 13.2. The van der Waals surface area contributed by atoms with Crippen molar-refractivity contribution < 1.29 is 24.5 Å². The molecule has 6 heteroatoms. The first-order valence-electron chi connectivity index (χ1n) is 28.1. The van der Waals surface area contributed by atoms with Crippen LogP contribution in [0, 0.1) is 0 Å². The summed E-state index contributed by atoms with van der Waals surface area (Å²) in [6.07, 6.45) is 59.6. The second kappa shape index (κ2) is 51.3. The van der Waals surface area contributed by atoms with Gasteiger partial charge in [0, 0.05) is 6.42 Å². The van der Waals surface area contributed by atoms with Gasteiger partial charge in [-0.2, -0.15) is 0 Å². The third-order valence-corrected chi connectivity index (χ3v) is 13.0. The van der Waals surface area contributed by atoms with E-state index in [1.807, 2.05) is 0 Å². The van der Waals surface area contributed by atoms with Gasteiger partial charge in [0.1, 0.15) is 6.10 Å². The number of amides is 1. The molecule has 0 saturated heterocycles. The van der Waals surface area contributed by atoms with Crippen LogP contribution in [0.1, 0.15) is 303 Å². The van der Waals surface area contributed by atoms with E-state index in [2.05, 4.69) is 50.4 Å². The van der Waals surface area contributed by atoms with Crippen molar-refractivity contribution in [3.05, 3.63) is 24.3 Å². The molecule has 372 valence electrons. The SMILES string of the molecule is CCCCCCCC/C=C/CCCCCCCCCC(CC(=O)NC(CO)C(O)CCCCCCCCCCC)OC(=O)CCCCCCC/C=C/CCCCCCCCCCC. The third-order valence-electron chi connectivity index (χ3n) is 13.0. The Morgan fingerprint density at radius 2 is 0.762 bits per heavy atom. The Hall–Kier alpha value is -1.66. The smallest absolute Gasteiger partial charge is 0.306 e. The first-order chi connectivity index (χ1) is 31.0. The van der Waals surface area contributed by atoms with Crippen LogP contribution in [0.15, 0.2) is 24.3 Å². The lowest BCUT2D eigenvalue weighted by atomic mass is 10.0. The Bertz CT molecular complexity index is 997. The lowest BCUT2D eigenvalue weighted by molar-refractivity contribution is -0.151. The van der Waals surface area contributed by atoms with Crippen LogP contribution in [0.5, 0.6) is 0 Å². The molecule has 0 saturated carbocycles. The highest BCUT2D eigenvalue weighted by atomic mass is 16.5. The topological polar surface area (TPSA) is 95.9 Å². The van der Waals surface area contributed by atoms with Crippen molar-refractivity contribution in [2.24, 2.45) is 0 Å². The lowest BCUT2D eigenvalue weighted by Gasteiger charge is -2.24. The van der Waals surface area contributed by atoms with Crippen molar-refractivity contribution in [2.75, 3.05) is 6.61 Å². The summed E-state index contributed by atoms with van der Waals surface area (Å²) in [7, 11) is 0. The molecule has 0 aliphatic heterocycles. The summed E-state index contributed by atoms with van der Waals surface area (Å²) in [5, 5.41) is 23.7. The normalized spacial score (nSPS) is 13.3. The molecule has 3 atom stereocenters. The largest absolute Gasteiger partial charge is 0.462 e. The van der Waals surface area contributed by atoms with Crippen molar-refractivity contribution in [2.45, 2.75) is 322 Å². The monoisotopic (exact) mass is 888 g/mol. The molecule has 3 N–H and O–H groups in total. The molecule has 1 amide bonds. The van der Waals surface area contributed by atoms with E-state index >= 15 is 0 Å². The molecule has 0 aromatic carbocycles. The minimum Gasteiger partial charge on any atom is -0.462 e. The first-order valence-corrected chi connectivity index (χ1v) is 28.1. The summed E-state index contributed by atoms with van der Waals surface area (Å²) in [5.41, 5.74) is 0. The molecule has 0 fully saturated rings. The molecule has 0 aliphatic carbocycles. The third kappa shape index (κ3) is 46.7. The molecule has 0 rings (SSSR count). The number of allylic oxidation sites excluding steroid dienone is 4. The maximum Gasteiger partial charge on any atom is 0.306 e. The van der Waals surface area contributed by atoms with E-state index in [0.717, 1.165) is 64.2 Å². The minimum absolute atomic E-state index is 0.0754. The highest BCUT2D eigenvalue weighted by Crippen LogP contribution is 2.18. The van der Waals surface area contributed by atoms with Crippen molar-refractivity contribution >= 4 is 11.9 Å². The summed E-state index contributed by atoms with van der Waals surface area (Å²) in [4.78, 5) is 26.2. The Balaban J connectivity index is 4.52. The van der Waals surface area contributed by atoms with Gasteiger partial charge < -0.3 is 20.3 Å². The van der Waals surface area contributed by atoms with Crippen molar-refractivity contribution in [1.82, 2.24) is 5.32 Å². The maximum absolute atomic E-state index is 13.2. The average molecular weight is 889 g/mol. The van der Waals surface area contributed by atoms with Gasteiger partial charge in [-0.3, -0.25) is 9.59 Å². The molecular weight excluding hydrogens is 779 g/mol. The second-order valence-corrected chi connectivity index (χ2v) is 19.3. The molecule has 0 radical (unpaired) electrons. The zero-order valence-electron chi connectivity index (χ0n) is 42.5. The van der Waals surface area contributed by atoms with Gasteiger partial charge in [0.05, 0.1) is 25.2 Å². The number of aliphatic hydroxyl groups excluding tert-OH is 2. The molecule has 0 spiro atoms. The van der Waals surface area contributed by atoms with Gasteiger partial charge in [-0.15, -0.1) is 0 Å². The van der Waals surface area contributed by atoms with Crippen LogP contribution in [0.4, 0.5) is 0 Å². The predicted octanol–water partition coefficient (Wildman–Crippen LogP) is 17.1. The van der Waals surface area contributed by atoms with Gasteiger partial charge in [-0.25, -0.2) is 0 Å². The minimum atomic E-state index is -0.786. The highest BCUT2D eigenvalue weighted by Gasteiger charge is 2.24. The van der Waals surface area contributed by atoms with E-state index in [1.54, 1.807) is 0 Å². The Labute approximate surface area is 392 Å². The number of ether oxygens (including phenoxy) is 1. The number of unbranched alkanes of at least 4 members (excludes halogenated alkanes) is 35. The number of esters is 1. The second-order valence-electron chi connectivity index (χ2n) is 19.3. The predicted molar refractivity (Wildman–Crippen MR) is 273 cm³/mol. The van der Waals surface area contributed by atoms with E-state index in [-0.39, 0.29) is 24.9 Å². The fourth-order valence-electron chi connectivity index (χ4n) is 8.72. The Kier molecular flexibility index (Phi) is 50.0. The highest BCUT2D eigenvalue weighted by molar-refractivity contribution is 5.77. The molecular formula is C57H109NO5. The fraction of sp³-hybridized carbons (Fsp3) is 0.895. The van der Waals surface area contributed by atoms with Gasteiger partial charge in [0.15, 0.2) is 0 Å². The van der Waals surface area contributed by atoms with Gasteiger partial charge >= 0.3 is 5.97 Å². The van der Waals surface area contributed by atoms with E-state index in [1.165, 1.54) is 193 Å². The van der Waals surface area contributed by atoms with Crippen LogP contribution in [-0.2, 0) is 14.3 Å². The number of hydrogen-bond donors (Lipinski definition) is 3. The van der Waals surface area contributed by atoms with Crippen LogP contribution in [0.2, 0.25) is 0 Å². The number of hydrogen-bond acceptors (Lipinski definition) is 5. The fourth-order valence-corrected chi connectivity index (χ4v) is 8.72. The standard InChI is InChI=1S/C57H109NO5/c1-4-7-10-13-16-19-21-23-25-27-29-31-33-35-38-41-44-47-50-57(62)63-53(48-45-42-39-37-34-32-30-28-26-24-22-20-17-14-11-8-5-2)51-56(61)58-54(52-59)55(60)49-46-43-40-36-18-15-12-9-6-3/h24,26,29,31,53-55,59-60H,4-23,25,27-28,30,32-52H2,1-3H3,(H,58,61)/b26-24+,31-29+. The van der Waals surface area contributed by atoms with E-state index in [0.29, 0.717) is 19.3 Å². The molecule has 6 nitrogen and oxygen atoms in total. The van der Waals surface area contributed by atoms with Crippen LogP contribution in [-0.4, -0.2) is 46.9 Å². The first kappa shape index (κ1) is 61.3. The lowest BCUT2D eigenvalue weighted by Crippen LogP contribution is -2.46. The number of carbonyl (C=O) groups excluding carboxylic acids is 2. The van der Waals surface area contributed by atoms with Gasteiger partial charge in [0.2, 0.25) is 5.91 Å². The molecule has 0 aromatic rings. The molecule has 0 aliphatic rings. The average Bonchev–Trinajstić information content (AvgIpc) is 3.28. The van der Waals surface area contributed by atoms with E-state index < -0.39 is 18.2 Å². The van der Waals surface area contributed by atoms with E-state index in [4.69, 9.17) is 4.74 Å². The van der Waals surface area contributed by atoms with E-state index in [9.17, 15) is 19.8 Å². The Morgan fingerprint density at radius 1 is 0.444 bits per heavy atom. The van der Waals surface area contributed by atoms with Crippen LogP contribution >= 0.6 is 0 Å². The Morgan fingerprint density at radius 3 is 1.13 bits per heavy atom. The molecule has 0 aromatic heterocycles. The molecule has 0 heterocycles. The molecule has 3 unspecified atom stereocenters. The molecule has 0 bridgehead atoms. The van der Waals surface area contributed by atoms with Crippen molar-refractivity contribution in [1.29, 1.82) is 0 Å². The summed E-state index contributed by atoms with van der Waals surface area (Å²) in [6.45, 7) is 6.49. The van der Waals surface area contributed by atoms with Crippen LogP contribution in [0.3, 0.4) is 0 Å². The number of nitrogens with one attached hydrogen (secondary N) is 1. The number of aliphatic hydroxyl groups is 2. The summed E-state index contributed by atoms with van der Waals surface area (Å²) in [6, 6.07) is -0.700. The van der Waals surface area contributed by atoms with Crippen LogP contribution in [0.25, 0.3) is 0 Å². The zero-order chi connectivity index (χ0) is 45.9. The number of rotatable bonds is 51. The quantitative estimate of drug-likeness (QED) is 0.0321. The summed E-state index contributed by atoms with van der Waals surface area (Å²) >= 11 is 0. The van der Waals surface area contributed by atoms with Crippen LogP contribution < -0.4 is 5.32 Å². The number of carbonyl (C=O) groups is 2.